The molecule has 0 saturated carbocycles. The number of fused-ring (bicyclic) bond motifs is 1. The van der Waals surface area contributed by atoms with Gasteiger partial charge in [-0.2, -0.15) is 0 Å². The highest BCUT2D eigenvalue weighted by Gasteiger charge is 2.35. The lowest BCUT2D eigenvalue weighted by atomic mass is 9.80. The number of likely N-dealkylation sites (tertiary alicyclic amines) is 1. The summed E-state index contributed by atoms with van der Waals surface area (Å²) in [6.07, 6.45) is 1.84. The van der Waals surface area contributed by atoms with Crippen molar-refractivity contribution in [3.05, 3.63) is 83.4 Å². The van der Waals surface area contributed by atoms with Crippen molar-refractivity contribution in [2.24, 2.45) is 5.92 Å². The minimum Gasteiger partial charge on any atom is -0.493 e. The molecule has 1 N–H and O–H groups in total. The van der Waals surface area contributed by atoms with E-state index in [1.807, 2.05) is 26.8 Å². The van der Waals surface area contributed by atoms with E-state index in [-0.39, 0.29) is 37.3 Å². The standard InChI is InChI=1S/C31H34FN3O6/c1-31(2,3)41-30(37)35-13-11-24(21(17-35)18-38-23-8-10-27-28(15-23)40-19-39-27)20-7-9-26(32)25(14-20)29(36)34-16-22-6-4-5-12-33-22/h4-10,12,14-15,21,24H,11,13,16-19H2,1-3H3,(H,34,36)/t21-,24-/m0/s1. The van der Waals surface area contributed by atoms with Crippen LogP contribution in [0.25, 0.3) is 0 Å². The number of halogens is 1. The summed E-state index contributed by atoms with van der Waals surface area (Å²) in [7, 11) is 0. The van der Waals surface area contributed by atoms with E-state index in [0.717, 1.165) is 5.56 Å². The van der Waals surface area contributed by atoms with Gasteiger partial charge >= 0.3 is 6.09 Å². The van der Waals surface area contributed by atoms with E-state index in [1.54, 1.807) is 53.6 Å². The smallest absolute Gasteiger partial charge is 0.410 e. The predicted molar refractivity (Wildman–Crippen MR) is 149 cm³/mol. The number of hydrogen-bond acceptors (Lipinski definition) is 7. The second-order valence-corrected chi connectivity index (χ2v) is 11.2. The number of rotatable bonds is 7. The highest BCUT2D eigenvalue weighted by Crippen LogP contribution is 2.38. The molecule has 0 radical (unpaired) electrons. The van der Waals surface area contributed by atoms with Gasteiger partial charge in [0.15, 0.2) is 11.5 Å². The minimum absolute atomic E-state index is 0.0385. The van der Waals surface area contributed by atoms with Crippen LogP contribution >= 0.6 is 0 Å². The summed E-state index contributed by atoms with van der Waals surface area (Å²) in [4.78, 5) is 31.7. The number of hydrogen-bond donors (Lipinski definition) is 1. The number of benzene rings is 2. The highest BCUT2D eigenvalue weighted by atomic mass is 19.1. The average molecular weight is 564 g/mol. The van der Waals surface area contributed by atoms with Crippen molar-refractivity contribution in [1.82, 2.24) is 15.2 Å². The molecule has 1 saturated heterocycles. The summed E-state index contributed by atoms with van der Waals surface area (Å²) >= 11 is 0. The van der Waals surface area contributed by atoms with E-state index in [4.69, 9.17) is 18.9 Å². The van der Waals surface area contributed by atoms with Crippen LogP contribution in [0.5, 0.6) is 17.2 Å². The lowest BCUT2D eigenvalue weighted by Gasteiger charge is -2.39. The number of aromatic nitrogens is 1. The first kappa shape index (κ1) is 28.2. The van der Waals surface area contributed by atoms with Crippen LogP contribution in [-0.4, -0.2) is 54.0 Å². The molecule has 1 fully saturated rings. The average Bonchev–Trinajstić information content (AvgIpc) is 3.43. The summed E-state index contributed by atoms with van der Waals surface area (Å²) in [5.74, 6) is 0.501. The Kier molecular flexibility index (Phi) is 8.28. The number of pyridine rings is 1. The molecule has 216 valence electrons. The van der Waals surface area contributed by atoms with Crippen molar-refractivity contribution in [2.75, 3.05) is 26.5 Å². The molecule has 5 rings (SSSR count). The third-order valence-electron chi connectivity index (χ3n) is 7.01. The van der Waals surface area contributed by atoms with Gasteiger partial charge in [0.2, 0.25) is 6.79 Å². The second-order valence-electron chi connectivity index (χ2n) is 11.2. The molecule has 2 aliphatic heterocycles. The quantitative estimate of drug-likeness (QED) is 0.417. The Morgan fingerprint density at radius 3 is 2.71 bits per heavy atom. The van der Waals surface area contributed by atoms with E-state index < -0.39 is 23.4 Å². The topological polar surface area (TPSA) is 99.2 Å². The highest BCUT2D eigenvalue weighted by molar-refractivity contribution is 5.94. The molecule has 9 nitrogen and oxygen atoms in total. The second kappa shape index (κ2) is 12.0. The zero-order valence-electron chi connectivity index (χ0n) is 23.4. The molecule has 3 heterocycles. The largest absolute Gasteiger partial charge is 0.493 e. The van der Waals surface area contributed by atoms with Gasteiger partial charge in [0.25, 0.3) is 5.91 Å². The fourth-order valence-corrected chi connectivity index (χ4v) is 5.02. The molecular weight excluding hydrogens is 529 g/mol. The van der Waals surface area contributed by atoms with Crippen molar-refractivity contribution in [3.63, 3.8) is 0 Å². The van der Waals surface area contributed by atoms with E-state index in [9.17, 15) is 14.0 Å². The molecule has 2 aromatic carbocycles. The first-order valence-electron chi connectivity index (χ1n) is 13.6. The molecule has 1 aromatic heterocycles. The molecule has 2 amide bonds. The first-order chi connectivity index (χ1) is 19.7. The molecular formula is C31H34FN3O6. The number of carbonyl (C=O) groups is 2. The van der Waals surface area contributed by atoms with Gasteiger partial charge in [0, 0.05) is 31.3 Å². The van der Waals surface area contributed by atoms with Gasteiger partial charge < -0.3 is 29.2 Å². The Labute approximate surface area is 238 Å². The summed E-state index contributed by atoms with van der Waals surface area (Å²) in [6, 6.07) is 15.4. The van der Waals surface area contributed by atoms with E-state index in [2.05, 4.69) is 10.3 Å². The van der Waals surface area contributed by atoms with Crippen LogP contribution < -0.4 is 19.5 Å². The van der Waals surface area contributed by atoms with Crippen LogP contribution in [0.1, 0.15) is 54.7 Å². The van der Waals surface area contributed by atoms with Crippen LogP contribution in [0, 0.1) is 11.7 Å². The van der Waals surface area contributed by atoms with Gasteiger partial charge in [0.05, 0.1) is 24.4 Å². The zero-order chi connectivity index (χ0) is 29.0. The normalized spacial score (nSPS) is 18.1. The number of piperidine rings is 1. The van der Waals surface area contributed by atoms with Crippen molar-refractivity contribution >= 4 is 12.0 Å². The summed E-state index contributed by atoms with van der Waals surface area (Å²) in [6.45, 7) is 6.95. The maximum Gasteiger partial charge on any atom is 0.410 e. The Balaban J connectivity index is 1.34. The van der Waals surface area contributed by atoms with Gasteiger partial charge in [-0.25, -0.2) is 9.18 Å². The molecule has 0 bridgehead atoms. The van der Waals surface area contributed by atoms with E-state index in [0.29, 0.717) is 42.5 Å². The van der Waals surface area contributed by atoms with Crippen LogP contribution in [0.15, 0.2) is 60.8 Å². The third-order valence-corrected chi connectivity index (χ3v) is 7.01. The maximum atomic E-state index is 14.8. The lowest BCUT2D eigenvalue weighted by molar-refractivity contribution is 0.0111. The van der Waals surface area contributed by atoms with Gasteiger partial charge in [-0.15, -0.1) is 0 Å². The van der Waals surface area contributed by atoms with Gasteiger partial charge in [-0.1, -0.05) is 12.1 Å². The van der Waals surface area contributed by atoms with Crippen molar-refractivity contribution in [1.29, 1.82) is 0 Å². The monoisotopic (exact) mass is 563 g/mol. The Bertz CT molecular complexity index is 1390. The number of carbonyl (C=O) groups excluding carboxylic acids is 2. The minimum atomic E-state index is -0.624. The molecule has 2 atom stereocenters. The van der Waals surface area contributed by atoms with Gasteiger partial charge in [0.1, 0.15) is 17.2 Å². The Morgan fingerprint density at radius 2 is 1.93 bits per heavy atom. The number of amides is 2. The summed E-state index contributed by atoms with van der Waals surface area (Å²) in [5, 5.41) is 2.75. The van der Waals surface area contributed by atoms with Crippen LogP contribution in [0.3, 0.4) is 0 Å². The summed E-state index contributed by atoms with van der Waals surface area (Å²) < 4.78 is 37.4. The maximum absolute atomic E-state index is 14.8. The Hall–Kier alpha value is -4.34. The fraction of sp³-hybridized carbons (Fsp3) is 0.387. The van der Waals surface area contributed by atoms with E-state index in [1.165, 1.54) is 6.07 Å². The third kappa shape index (κ3) is 7.06. The summed E-state index contributed by atoms with van der Waals surface area (Å²) in [5.41, 5.74) is 0.814. The van der Waals surface area contributed by atoms with Crippen LogP contribution in [-0.2, 0) is 11.3 Å². The van der Waals surface area contributed by atoms with Crippen molar-refractivity contribution in [2.45, 2.75) is 45.3 Å². The van der Waals surface area contributed by atoms with Crippen LogP contribution in [0.2, 0.25) is 0 Å². The number of ether oxygens (including phenoxy) is 4. The Morgan fingerprint density at radius 1 is 1.10 bits per heavy atom. The molecule has 41 heavy (non-hydrogen) atoms. The predicted octanol–water partition coefficient (Wildman–Crippen LogP) is 5.30. The van der Waals surface area contributed by atoms with Gasteiger partial charge in [-0.3, -0.25) is 9.78 Å². The van der Waals surface area contributed by atoms with Crippen molar-refractivity contribution in [3.8, 4) is 17.2 Å². The molecule has 2 aliphatic rings. The van der Waals surface area contributed by atoms with Crippen LogP contribution in [0.4, 0.5) is 9.18 Å². The molecule has 3 aromatic rings. The number of nitrogens with one attached hydrogen (secondary N) is 1. The molecule has 0 aliphatic carbocycles. The van der Waals surface area contributed by atoms with E-state index >= 15 is 0 Å². The fourth-order valence-electron chi connectivity index (χ4n) is 5.02. The zero-order valence-corrected chi connectivity index (χ0v) is 23.4. The van der Waals surface area contributed by atoms with Gasteiger partial charge in [-0.05, 0) is 75.1 Å². The number of nitrogens with zero attached hydrogens (tertiary/aromatic N) is 2. The van der Waals surface area contributed by atoms with Crippen molar-refractivity contribution < 1.29 is 32.9 Å². The molecule has 0 spiro atoms. The lowest BCUT2D eigenvalue weighted by Crippen LogP contribution is -2.46. The molecule has 0 unspecified atom stereocenters. The first-order valence-corrected chi connectivity index (χ1v) is 13.6. The molecule has 10 heteroatoms. The SMILES string of the molecule is CC(C)(C)OC(=O)N1CC[C@@H](c2ccc(F)c(C(=O)NCc3ccccn3)c2)[C@H](COc2ccc3c(c2)OCO3)C1.